The van der Waals surface area contributed by atoms with Gasteiger partial charge in [0.25, 0.3) is 0 Å². The van der Waals surface area contributed by atoms with Crippen molar-refractivity contribution in [2.24, 2.45) is 5.73 Å². The topological polar surface area (TPSA) is 76.2 Å². The van der Waals surface area contributed by atoms with Gasteiger partial charge in [-0.2, -0.15) is 0 Å². The van der Waals surface area contributed by atoms with E-state index in [0.717, 1.165) is 0 Å². The van der Waals surface area contributed by atoms with Gasteiger partial charge in [0, 0.05) is 5.38 Å². The minimum atomic E-state index is -0.832. The van der Waals surface area contributed by atoms with Crippen LogP contribution in [0.15, 0.2) is 11.6 Å². The second kappa shape index (κ2) is 2.96. The quantitative estimate of drug-likeness (QED) is 0.379. The molecule has 0 spiro atoms. The molecule has 1 atom stereocenters. The van der Waals surface area contributed by atoms with E-state index in [1.54, 1.807) is 10.8 Å². The van der Waals surface area contributed by atoms with Crippen LogP contribution in [0, 0.1) is 0 Å². The number of thiazole rings is 1. The van der Waals surface area contributed by atoms with E-state index < -0.39 is 6.23 Å². The van der Waals surface area contributed by atoms with Crippen LogP contribution in [0.5, 0.6) is 0 Å². The fourth-order valence-corrected chi connectivity index (χ4v) is 1.29. The molecule has 0 saturated carbocycles. The molecule has 0 saturated heterocycles. The third-order valence-electron chi connectivity index (χ3n) is 1.10. The van der Waals surface area contributed by atoms with E-state index in [2.05, 4.69) is 0 Å². The molecule has 4 nitrogen and oxygen atoms in total. The summed E-state index contributed by atoms with van der Waals surface area (Å²) in [5, 5.41) is 11.3. The van der Waals surface area contributed by atoms with Crippen molar-refractivity contribution < 1.29 is 9.67 Å². The van der Waals surface area contributed by atoms with Crippen LogP contribution in [0.25, 0.3) is 0 Å². The molecule has 5 heteroatoms. The molecule has 0 bridgehead atoms. The minimum absolute atomic E-state index is 0.356. The number of hydrogen-bond donors (Lipinski definition) is 3. The van der Waals surface area contributed by atoms with Crippen molar-refractivity contribution in [3.63, 3.8) is 0 Å². The number of nitrogens with zero attached hydrogens (tertiary/aromatic N) is 1. The van der Waals surface area contributed by atoms with Crippen LogP contribution in [0.3, 0.4) is 0 Å². The molecule has 10 heavy (non-hydrogen) atoms. The van der Waals surface area contributed by atoms with Gasteiger partial charge >= 0.3 is 5.13 Å². The summed E-state index contributed by atoms with van der Waals surface area (Å²) in [4.78, 5) is 0. The molecule has 0 aliphatic heterocycles. The Morgan fingerprint density at radius 3 is 2.90 bits per heavy atom. The largest absolute Gasteiger partial charge is 0.375 e. The Morgan fingerprint density at radius 2 is 2.50 bits per heavy atom. The monoisotopic (exact) mass is 160 g/mol. The summed E-state index contributed by atoms with van der Waals surface area (Å²) in [5.41, 5.74) is 10.6. The third kappa shape index (κ3) is 1.66. The number of rotatable bonds is 2. The van der Waals surface area contributed by atoms with Gasteiger partial charge in [-0.05, 0) is 0 Å². The van der Waals surface area contributed by atoms with E-state index in [1.807, 2.05) is 5.38 Å². The molecule has 0 radical (unpaired) electrons. The lowest BCUT2D eigenvalue weighted by atomic mass is 10.6. The standard InChI is InChI=1S/C5H9N3OS/c6-4(9)3-8-1-2-10-5(8)7/h1-2,4,7,9H,3,6H2/p+1. The number of aliphatic hydroxyl groups excluding tert-OH is 1. The Balaban J connectivity index is 2.65. The summed E-state index contributed by atoms with van der Waals surface area (Å²) in [6, 6.07) is 0. The molecule has 1 aromatic rings. The Kier molecular flexibility index (Phi) is 2.21. The fraction of sp³-hybridized carbons (Fsp3) is 0.400. The number of aromatic nitrogens is 1. The average molecular weight is 160 g/mol. The van der Waals surface area contributed by atoms with Gasteiger partial charge < -0.3 is 10.8 Å². The molecule has 0 aliphatic rings. The average Bonchev–Trinajstić information content (AvgIpc) is 2.15. The summed E-state index contributed by atoms with van der Waals surface area (Å²) < 4.78 is 1.70. The van der Waals surface area contributed by atoms with Gasteiger partial charge in [0.05, 0.1) is 0 Å². The molecule has 0 fully saturated rings. The highest BCUT2D eigenvalue weighted by Gasteiger charge is 2.07. The number of nitrogen functional groups attached to an aromatic ring is 1. The maximum atomic E-state index is 8.75. The lowest BCUT2D eigenvalue weighted by molar-refractivity contribution is -0.685. The normalized spacial score (nSPS) is 13.4. The second-order valence-corrected chi connectivity index (χ2v) is 2.89. The summed E-state index contributed by atoms with van der Waals surface area (Å²) in [7, 11) is 0. The predicted octanol–water partition coefficient (Wildman–Crippen LogP) is -1.11. The molecular weight excluding hydrogens is 150 g/mol. The number of hydrogen-bond acceptors (Lipinski definition) is 4. The first-order valence-corrected chi connectivity index (χ1v) is 3.74. The lowest BCUT2D eigenvalue weighted by Gasteiger charge is -1.99. The SMILES string of the molecule is Nc1scc[n+]1CC(N)O. The van der Waals surface area contributed by atoms with Crippen LogP contribution in [-0.4, -0.2) is 11.3 Å². The Hall–Kier alpha value is -0.650. The van der Waals surface area contributed by atoms with Gasteiger partial charge in [-0.3, -0.25) is 5.73 Å². The van der Waals surface area contributed by atoms with Crippen molar-refractivity contribution >= 4 is 16.5 Å². The Bertz CT molecular complexity index is 210. The van der Waals surface area contributed by atoms with E-state index in [0.29, 0.717) is 11.7 Å². The zero-order valence-corrected chi connectivity index (χ0v) is 6.21. The molecule has 1 aromatic heterocycles. The number of nitrogens with two attached hydrogens (primary N) is 2. The first-order chi connectivity index (χ1) is 4.70. The smallest absolute Gasteiger partial charge is 0.331 e. The number of aliphatic hydroxyl groups is 1. The fourth-order valence-electron chi connectivity index (χ4n) is 0.667. The summed E-state index contributed by atoms with van der Waals surface area (Å²) in [5.74, 6) is 0. The highest BCUT2D eigenvalue weighted by molar-refractivity contribution is 7.12. The summed E-state index contributed by atoms with van der Waals surface area (Å²) in [6.45, 7) is 0.356. The van der Waals surface area contributed by atoms with E-state index in [4.69, 9.17) is 16.6 Å². The van der Waals surface area contributed by atoms with Crippen molar-refractivity contribution in [3.05, 3.63) is 11.6 Å². The van der Waals surface area contributed by atoms with Crippen LogP contribution in [0.1, 0.15) is 0 Å². The first kappa shape index (κ1) is 7.46. The Labute approximate surface area is 62.7 Å². The van der Waals surface area contributed by atoms with Crippen LogP contribution < -0.4 is 16.0 Å². The zero-order valence-electron chi connectivity index (χ0n) is 5.40. The van der Waals surface area contributed by atoms with Crippen molar-refractivity contribution in [2.45, 2.75) is 12.8 Å². The van der Waals surface area contributed by atoms with Crippen molar-refractivity contribution in [1.82, 2.24) is 0 Å². The van der Waals surface area contributed by atoms with Gasteiger partial charge in [-0.25, -0.2) is 4.57 Å². The van der Waals surface area contributed by atoms with Crippen molar-refractivity contribution in [3.8, 4) is 0 Å². The highest BCUT2D eigenvalue weighted by Crippen LogP contribution is 2.01. The molecule has 0 amide bonds. The highest BCUT2D eigenvalue weighted by atomic mass is 32.1. The molecule has 0 aliphatic carbocycles. The third-order valence-corrected chi connectivity index (χ3v) is 1.83. The van der Waals surface area contributed by atoms with E-state index >= 15 is 0 Å². The van der Waals surface area contributed by atoms with Crippen LogP contribution >= 0.6 is 11.3 Å². The van der Waals surface area contributed by atoms with Crippen LogP contribution in [-0.2, 0) is 6.54 Å². The maximum absolute atomic E-state index is 8.75. The molecule has 56 valence electrons. The van der Waals surface area contributed by atoms with Gasteiger partial charge in [-0.1, -0.05) is 11.3 Å². The Morgan fingerprint density at radius 1 is 1.80 bits per heavy atom. The van der Waals surface area contributed by atoms with E-state index in [1.165, 1.54) is 11.3 Å². The van der Waals surface area contributed by atoms with Gasteiger partial charge in [0.15, 0.2) is 0 Å². The maximum Gasteiger partial charge on any atom is 0.331 e. The minimum Gasteiger partial charge on any atom is -0.375 e. The first-order valence-electron chi connectivity index (χ1n) is 2.86. The van der Waals surface area contributed by atoms with Crippen LogP contribution in [0.4, 0.5) is 5.13 Å². The predicted molar refractivity (Wildman–Crippen MR) is 39.1 cm³/mol. The summed E-state index contributed by atoms with van der Waals surface area (Å²) in [6.07, 6.45) is 0.956. The lowest BCUT2D eigenvalue weighted by Crippen LogP contribution is -2.43. The van der Waals surface area contributed by atoms with E-state index in [9.17, 15) is 0 Å². The van der Waals surface area contributed by atoms with Crippen LogP contribution in [0.2, 0.25) is 0 Å². The zero-order chi connectivity index (χ0) is 7.56. The molecule has 1 rings (SSSR count). The number of anilines is 1. The van der Waals surface area contributed by atoms with E-state index in [-0.39, 0.29) is 0 Å². The van der Waals surface area contributed by atoms with Gasteiger partial charge in [-0.15, -0.1) is 0 Å². The molecule has 5 N–H and O–H groups in total. The second-order valence-electron chi connectivity index (χ2n) is 1.96. The van der Waals surface area contributed by atoms with Gasteiger partial charge in [0.1, 0.15) is 19.0 Å². The summed E-state index contributed by atoms with van der Waals surface area (Å²) >= 11 is 1.42. The molecular formula is C5H10N3OS+. The molecule has 0 aromatic carbocycles. The van der Waals surface area contributed by atoms with Crippen molar-refractivity contribution in [1.29, 1.82) is 0 Å². The molecule has 1 heterocycles. The van der Waals surface area contributed by atoms with Gasteiger partial charge in [0.2, 0.25) is 0 Å². The molecule has 1 unspecified atom stereocenters. The van der Waals surface area contributed by atoms with Crippen molar-refractivity contribution in [2.75, 3.05) is 5.73 Å².